The minimum Gasteiger partial charge on any atom is -0.309 e. The molecular formula is C46H28N2. The third-order valence-corrected chi connectivity index (χ3v) is 10.4. The lowest BCUT2D eigenvalue weighted by Gasteiger charge is -2.14. The van der Waals surface area contributed by atoms with Crippen LogP contribution in [0, 0.1) is 0 Å². The molecule has 11 rings (SSSR count). The van der Waals surface area contributed by atoms with Crippen LogP contribution in [0.4, 0.5) is 0 Å². The predicted molar refractivity (Wildman–Crippen MR) is 205 cm³/mol. The van der Waals surface area contributed by atoms with Crippen LogP contribution in [0.5, 0.6) is 0 Å². The number of benzene rings is 9. The zero-order valence-corrected chi connectivity index (χ0v) is 26.1. The van der Waals surface area contributed by atoms with E-state index in [0.29, 0.717) is 0 Å². The highest BCUT2D eigenvalue weighted by Crippen LogP contribution is 2.43. The quantitative estimate of drug-likeness (QED) is 0.173. The van der Waals surface area contributed by atoms with Gasteiger partial charge < -0.3 is 9.13 Å². The minimum atomic E-state index is 1.17. The van der Waals surface area contributed by atoms with E-state index in [0.717, 1.165) is 0 Å². The van der Waals surface area contributed by atoms with Gasteiger partial charge in [0, 0.05) is 32.9 Å². The number of para-hydroxylation sites is 2. The molecule has 0 aliphatic carbocycles. The second-order valence-electron chi connectivity index (χ2n) is 12.9. The van der Waals surface area contributed by atoms with Gasteiger partial charge in [-0.05, 0) is 91.6 Å². The Morgan fingerprint density at radius 3 is 1.25 bits per heavy atom. The van der Waals surface area contributed by atoms with E-state index in [1.54, 1.807) is 0 Å². The van der Waals surface area contributed by atoms with Gasteiger partial charge in [-0.25, -0.2) is 0 Å². The summed E-state index contributed by atoms with van der Waals surface area (Å²) >= 11 is 0. The summed E-state index contributed by atoms with van der Waals surface area (Å²) in [6.45, 7) is 0. The summed E-state index contributed by atoms with van der Waals surface area (Å²) in [6, 6.07) is 62.5. The number of aromatic nitrogens is 2. The lowest BCUT2D eigenvalue weighted by atomic mass is 9.94. The number of nitrogens with zero attached hydrogens (tertiary/aromatic N) is 2. The van der Waals surface area contributed by atoms with Crippen molar-refractivity contribution in [2.24, 2.45) is 0 Å². The lowest BCUT2D eigenvalue weighted by Crippen LogP contribution is -1.95. The Morgan fingerprint density at radius 1 is 0.250 bits per heavy atom. The van der Waals surface area contributed by atoms with Gasteiger partial charge in [-0.3, -0.25) is 0 Å². The molecule has 0 bridgehead atoms. The fraction of sp³-hybridized carbons (Fsp3) is 0. The highest BCUT2D eigenvalue weighted by Gasteiger charge is 2.21. The van der Waals surface area contributed by atoms with Crippen molar-refractivity contribution >= 4 is 86.7 Å². The summed E-state index contributed by atoms with van der Waals surface area (Å²) in [5, 5.41) is 15.4. The van der Waals surface area contributed by atoms with E-state index in [9.17, 15) is 0 Å². The van der Waals surface area contributed by atoms with E-state index in [2.05, 4.69) is 179 Å². The summed E-state index contributed by atoms with van der Waals surface area (Å²) in [6.07, 6.45) is 0. The summed E-state index contributed by atoms with van der Waals surface area (Å²) in [5.41, 5.74) is 7.22. The van der Waals surface area contributed by atoms with Gasteiger partial charge in [0.05, 0.1) is 22.1 Å². The molecular weight excluding hydrogens is 581 g/mol. The maximum atomic E-state index is 2.47. The largest absolute Gasteiger partial charge is 0.309 e. The summed E-state index contributed by atoms with van der Waals surface area (Å²) in [7, 11) is 0. The van der Waals surface area contributed by atoms with Gasteiger partial charge >= 0.3 is 0 Å². The van der Waals surface area contributed by atoms with Crippen LogP contribution in [0.3, 0.4) is 0 Å². The molecule has 9 aromatic carbocycles. The van der Waals surface area contributed by atoms with Crippen molar-refractivity contribution in [1.82, 2.24) is 9.13 Å². The number of fused-ring (bicyclic) bond motifs is 14. The SMILES string of the molecule is c1ccc2cc(-n3c4ccccc4c4c5c6ccccc6n(-c6ccc7c8ccccc8c8ccccc8c7c6)c5ccc43)ccc2c1. The maximum Gasteiger partial charge on any atom is 0.0548 e. The van der Waals surface area contributed by atoms with Crippen molar-refractivity contribution in [3.05, 3.63) is 170 Å². The van der Waals surface area contributed by atoms with E-state index in [-0.39, 0.29) is 0 Å². The van der Waals surface area contributed by atoms with Crippen molar-refractivity contribution in [1.29, 1.82) is 0 Å². The first-order chi connectivity index (χ1) is 23.8. The van der Waals surface area contributed by atoms with Gasteiger partial charge in [-0.2, -0.15) is 0 Å². The van der Waals surface area contributed by atoms with Crippen LogP contribution in [0.1, 0.15) is 0 Å². The molecule has 2 heteroatoms. The van der Waals surface area contributed by atoms with Crippen molar-refractivity contribution in [2.45, 2.75) is 0 Å². The molecule has 0 unspecified atom stereocenters. The average molecular weight is 609 g/mol. The summed E-state index contributed by atoms with van der Waals surface area (Å²) < 4.78 is 4.91. The molecule has 0 radical (unpaired) electrons. The number of hydrogen-bond donors (Lipinski definition) is 0. The average Bonchev–Trinajstić information content (AvgIpc) is 3.67. The molecule has 0 aliphatic rings. The molecule has 11 aromatic rings. The Labute approximate surface area is 276 Å². The van der Waals surface area contributed by atoms with E-state index >= 15 is 0 Å². The minimum absolute atomic E-state index is 1.17. The lowest BCUT2D eigenvalue weighted by molar-refractivity contribution is 1.18. The van der Waals surface area contributed by atoms with E-state index in [4.69, 9.17) is 0 Å². The van der Waals surface area contributed by atoms with E-state index in [1.807, 2.05) is 0 Å². The normalized spacial score (nSPS) is 12.2. The molecule has 0 atom stereocenters. The van der Waals surface area contributed by atoms with Gasteiger partial charge in [0.1, 0.15) is 0 Å². The first-order valence-electron chi connectivity index (χ1n) is 16.6. The third-order valence-electron chi connectivity index (χ3n) is 10.4. The smallest absolute Gasteiger partial charge is 0.0548 e. The fourth-order valence-corrected chi connectivity index (χ4v) is 8.43. The van der Waals surface area contributed by atoms with Crippen LogP contribution in [0.25, 0.3) is 98.1 Å². The van der Waals surface area contributed by atoms with Crippen molar-refractivity contribution in [3.8, 4) is 11.4 Å². The van der Waals surface area contributed by atoms with Crippen LogP contribution in [-0.2, 0) is 0 Å². The molecule has 48 heavy (non-hydrogen) atoms. The highest BCUT2D eigenvalue weighted by molar-refractivity contribution is 6.29. The Bertz CT molecular complexity index is 3080. The number of hydrogen-bond acceptors (Lipinski definition) is 0. The molecule has 0 amide bonds. The summed E-state index contributed by atoms with van der Waals surface area (Å²) in [4.78, 5) is 0. The molecule has 0 fully saturated rings. The molecule has 222 valence electrons. The first kappa shape index (κ1) is 25.8. The zero-order chi connectivity index (χ0) is 31.3. The summed E-state index contributed by atoms with van der Waals surface area (Å²) in [5.74, 6) is 0. The maximum absolute atomic E-state index is 2.47. The molecule has 0 saturated heterocycles. The van der Waals surface area contributed by atoms with Gasteiger partial charge in [-0.15, -0.1) is 0 Å². The Morgan fingerprint density at radius 2 is 0.667 bits per heavy atom. The van der Waals surface area contributed by atoms with Crippen LogP contribution >= 0.6 is 0 Å². The third kappa shape index (κ3) is 3.41. The van der Waals surface area contributed by atoms with Crippen molar-refractivity contribution in [3.63, 3.8) is 0 Å². The van der Waals surface area contributed by atoms with Gasteiger partial charge in [0.2, 0.25) is 0 Å². The Kier molecular flexibility index (Phi) is 5.14. The fourth-order valence-electron chi connectivity index (χ4n) is 8.43. The molecule has 2 heterocycles. The van der Waals surface area contributed by atoms with Gasteiger partial charge in [0.15, 0.2) is 0 Å². The molecule has 0 saturated carbocycles. The second kappa shape index (κ2) is 9.57. The van der Waals surface area contributed by atoms with Crippen molar-refractivity contribution in [2.75, 3.05) is 0 Å². The monoisotopic (exact) mass is 608 g/mol. The first-order valence-corrected chi connectivity index (χ1v) is 16.6. The van der Waals surface area contributed by atoms with Crippen LogP contribution in [0.15, 0.2) is 170 Å². The molecule has 0 aliphatic heterocycles. The molecule has 0 spiro atoms. The Hall–Kier alpha value is -6.38. The molecule has 0 N–H and O–H groups in total. The standard InChI is InChI=1S/C46H28N2/c1-2-12-30-27-31(22-21-29(30)11-1)47-41-19-9-7-17-38(41)45-43(47)25-26-44-46(45)39-18-8-10-20-42(39)48(44)32-23-24-37-35-15-4-3-13-33(35)34-14-5-6-16-36(34)40(37)28-32/h1-28H. The van der Waals surface area contributed by atoms with Gasteiger partial charge in [0.25, 0.3) is 0 Å². The van der Waals surface area contributed by atoms with E-state index in [1.165, 1.54) is 98.1 Å². The zero-order valence-electron chi connectivity index (χ0n) is 26.1. The Balaban J connectivity index is 1.26. The topological polar surface area (TPSA) is 9.86 Å². The predicted octanol–water partition coefficient (Wildman–Crippen LogP) is 12.5. The van der Waals surface area contributed by atoms with E-state index < -0.39 is 0 Å². The number of rotatable bonds is 2. The van der Waals surface area contributed by atoms with Crippen LogP contribution in [-0.4, -0.2) is 9.13 Å². The van der Waals surface area contributed by atoms with Crippen LogP contribution < -0.4 is 0 Å². The second-order valence-corrected chi connectivity index (χ2v) is 12.9. The van der Waals surface area contributed by atoms with Crippen molar-refractivity contribution < 1.29 is 0 Å². The molecule has 2 nitrogen and oxygen atoms in total. The van der Waals surface area contributed by atoms with Crippen LogP contribution in [0.2, 0.25) is 0 Å². The molecule has 2 aromatic heterocycles. The highest BCUT2D eigenvalue weighted by atomic mass is 15.0. The van der Waals surface area contributed by atoms with Gasteiger partial charge in [-0.1, -0.05) is 121 Å².